The molecule has 0 aliphatic heterocycles. The van der Waals surface area contributed by atoms with Gasteiger partial charge in [0, 0.05) is 13.1 Å². The molecular formula is C14H14Cl2N4O3. The molecule has 0 aliphatic carbocycles. The molecule has 122 valence electrons. The Morgan fingerprint density at radius 1 is 1.30 bits per heavy atom. The van der Waals surface area contributed by atoms with E-state index in [1.807, 2.05) is 6.92 Å². The summed E-state index contributed by atoms with van der Waals surface area (Å²) < 4.78 is 1.20. The largest absolute Gasteiger partial charge is 0.476 e. The third-order valence-corrected chi connectivity index (χ3v) is 3.89. The molecule has 0 saturated carbocycles. The lowest BCUT2D eigenvalue weighted by Crippen LogP contribution is -2.33. The standard InChI is InChI=1S/C14H14Cl2N4O3/c1-2-19(6-9-3-4-10(15)11(16)5-9)13(21)8-20-7-12(14(22)23)17-18-20/h3-5,7H,2,6,8H2,1H3,(H,22,23). The van der Waals surface area contributed by atoms with Crippen molar-refractivity contribution in [1.29, 1.82) is 0 Å². The van der Waals surface area contributed by atoms with Crippen LogP contribution in [0.5, 0.6) is 0 Å². The van der Waals surface area contributed by atoms with Crippen molar-refractivity contribution in [3.63, 3.8) is 0 Å². The van der Waals surface area contributed by atoms with E-state index < -0.39 is 5.97 Å². The molecule has 1 heterocycles. The van der Waals surface area contributed by atoms with Gasteiger partial charge in [0.2, 0.25) is 5.91 Å². The smallest absolute Gasteiger partial charge is 0.358 e. The Bertz CT molecular complexity index is 733. The molecule has 23 heavy (non-hydrogen) atoms. The Balaban J connectivity index is 2.05. The highest BCUT2D eigenvalue weighted by atomic mass is 35.5. The molecule has 9 heteroatoms. The van der Waals surface area contributed by atoms with Crippen LogP contribution in [0.4, 0.5) is 0 Å². The maximum Gasteiger partial charge on any atom is 0.358 e. The Hall–Kier alpha value is -2.12. The Morgan fingerprint density at radius 2 is 2.04 bits per heavy atom. The van der Waals surface area contributed by atoms with Gasteiger partial charge >= 0.3 is 5.97 Å². The number of hydrogen-bond donors (Lipinski definition) is 1. The summed E-state index contributed by atoms with van der Waals surface area (Å²) in [5.41, 5.74) is 0.643. The molecule has 1 aromatic carbocycles. The fourth-order valence-corrected chi connectivity index (χ4v) is 2.27. The fraction of sp³-hybridized carbons (Fsp3) is 0.286. The highest BCUT2D eigenvalue weighted by Crippen LogP contribution is 2.23. The van der Waals surface area contributed by atoms with Crippen LogP contribution >= 0.6 is 23.2 Å². The van der Waals surface area contributed by atoms with Crippen LogP contribution < -0.4 is 0 Å². The molecular weight excluding hydrogens is 343 g/mol. The average Bonchev–Trinajstić information content (AvgIpc) is 2.97. The second kappa shape index (κ2) is 7.43. The van der Waals surface area contributed by atoms with Crippen molar-refractivity contribution in [2.24, 2.45) is 0 Å². The average molecular weight is 357 g/mol. The first-order valence-corrected chi connectivity index (χ1v) is 7.51. The maximum atomic E-state index is 12.3. The number of benzene rings is 1. The molecule has 0 atom stereocenters. The molecule has 1 amide bonds. The van der Waals surface area contributed by atoms with Crippen LogP contribution in [0.3, 0.4) is 0 Å². The van der Waals surface area contributed by atoms with Crippen LogP contribution in [-0.4, -0.2) is 43.4 Å². The minimum Gasteiger partial charge on any atom is -0.476 e. The van der Waals surface area contributed by atoms with E-state index in [-0.39, 0.29) is 18.1 Å². The predicted octanol–water partition coefficient (Wildman–Crippen LogP) is 2.33. The second-order valence-corrected chi connectivity index (χ2v) is 5.58. The van der Waals surface area contributed by atoms with Gasteiger partial charge in [-0.15, -0.1) is 5.10 Å². The zero-order valence-corrected chi connectivity index (χ0v) is 13.8. The Labute approximate surface area is 142 Å². The van der Waals surface area contributed by atoms with E-state index in [2.05, 4.69) is 10.3 Å². The number of amides is 1. The van der Waals surface area contributed by atoms with E-state index in [1.165, 1.54) is 10.9 Å². The first-order chi connectivity index (χ1) is 10.9. The third-order valence-electron chi connectivity index (χ3n) is 3.15. The SMILES string of the molecule is CCN(Cc1ccc(Cl)c(Cl)c1)C(=O)Cn1cc(C(=O)O)nn1. The van der Waals surface area contributed by atoms with Gasteiger partial charge in [-0.25, -0.2) is 9.48 Å². The van der Waals surface area contributed by atoms with E-state index in [0.717, 1.165) is 5.56 Å². The molecule has 0 unspecified atom stereocenters. The van der Waals surface area contributed by atoms with E-state index in [0.29, 0.717) is 23.1 Å². The lowest BCUT2D eigenvalue weighted by atomic mass is 10.2. The first-order valence-electron chi connectivity index (χ1n) is 6.75. The van der Waals surface area contributed by atoms with Crippen LogP contribution in [0.15, 0.2) is 24.4 Å². The van der Waals surface area contributed by atoms with Gasteiger partial charge in [-0.3, -0.25) is 4.79 Å². The Morgan fingerprint density at radius 3 is 2.61 bits per heavy atom. The van der Waals surface area contributed by atoms with Gasteiger partial charge in [-0.1, -0.05) is 34.5 Å². The molecule has 0 bridgehead atoms. The van der Waals surface area contributed by atoms with Gasteiger partial charge in [0.05, 0.1) is 16.2 Å². The van der Waals surface area contributed by atoms with Gasteiger partial charge in [0.1, 0.15) is 6.54 Å². The lowest BCUT2D eigenvalue weighted by Gasteiger charge is -2.21. The third kappa shape index (κ3) is 4.43. The summed E-state index contributed by atoms with van der Waals surface area (Å²) in [6.07, 6.45) is 1.22. The predicted molar refractivity (Wildman–Crippen MR) is 84.5 cm³/mol. The second-order valence-electron chi connectivity index (χ2n) is 4.76. The number of carboxylic acids is 1. The minimum absolute atomic E-state index is 0.0879. The summed E-state index contributed by atoms with van der Waals surface area (Å²) in [6.45, 7) is 2.61. The van der Waals surface area contributed by atoms with Crippen molar-refractivity contribution >= 4 is 35.1 Å². The van der Waals surface area contributed by atoms with E-state index in [1.54, 1.807) is 23.1 Å². The number of rotatable bonds is 6. The van der Waals surface area contributed by atoms with E-state index >= 15 is 0 Å². The molecule has 1 N–H and O–H groups in total. The quantitative estimate of drug-likeness (QED) is 0.857. The van der Waals surface area contributed by atoms with Crippen molar-refractivity contribution in [1.82, 2.24) is 19.9 Å². The summed E-state index contributed by atoms with van der Waals surface area (Å²) in [4.78, 5) is 24.7. The van der Waals surface area contributed by atoms with Crippen molar-refractivity contribution < 1.29 is 14.7 Å². The van der Waals surface area contributed by atoms with Crippen molar-refractivity contribution in [3.05, 3.63) is 45.7 Å². The molecule has 0 saturated heterocycles. The molecule has 2 rings (SSSR count). The minimum atomic E-state index is -1.19. The van der Waals surface area contributed by atoms with Crippen molar-refractivity contribution in [3.8, 4) is 0 Å². The summed E-state index contributed by atoms with van der Waals surface area (Å²) >= 11 is 11.8. The van der Waals surface area contributed by atoms with Crippen molar-refractivity contribution in [2.75, 3.05) is 6.54 Å². The number of carbonyl (C=O) groups is 2. The Kier molecular flexibility index (Phi) is 5.57. The van der Waals surface area contributed by atoms with Gasteiger partial charge < -0.3 is 10.0 Å². The molecule has 0 fully saturated rings. The van der Waals surface area contributed by atoms with Gasteiger partial charge in [-0.05, 0) is 24.6 Å². The normalized spacial score (nSPS) is 10.6. The highest BCUT2D eigenvalue weighted by Gasteiger charge is 2.16. The number of nitrogens with zero attached hydrogens (tertiary/aromatic N) is 4. The van der Waals surface area contributed by atoms with Gasteiger partial charge in [-0.2, -0.15) is 0 Å². The number of hydrogen-bond acceptors (Lipinski definition) is 4. The topological polar surface area (TPSA) is 88.3 Å². The monoisotopic (exact) mass is 356 g/mol. The van der Waals surface area contributed by atoms with E-state index in [9.17, 15) is 9.59 Å². The lowest BCUT2D eigenvalue weighted by molar-refractivity contribution is -0.132. The van der Waals surface area contributed by atoms with Crippen molar-refractivity contribution in [2.45, 2.75) is 20.0 Å². The molecule has 1 aromatic heterocycles. The number of halogens is 2. The number of carboxylic acid groups (broad SMARTS) is 1. The zero-order valence-electron chi connectivity index (χ0n) is 12.2. The highest BCUT2D eigenvalue weighted by molar-refractivity contribution is 6.42. The van der Waals surface area contributed by atoms with Gasteiger partial charge in [0.15, 0.2) is 5.69 Å². The van der Waals surface area contributed by atoms with Crippen LogP contribution in [0.25, 0.3) is 0 Å². The van der Waals surface area contributed by atoms with Crippen LogP contribution in [0.1, 0.15) is 23.0 Å². The first kappa shape index (κ1) is 17.2. The summed E-state index contributed by atoms with van der Waals surface area (Å²) in [5, 5.41) is 16.8. The summed E-state index contributed by atoms with van der Waals surface area (Å²) in [7, 11) is 0. The molecule has 7 nitrogen and oxygen atoms in total. The summed E-state index contributed by atoms with van der Waals surface area (Å²) in [5.74, 6) is -1.40. The fourth-order valence-electron chi connectivity index (χ4n) is 1.95. The number of likely N-dealkylation sites (N-methyl/N-ethyl adjacent to an activating group) is 1. The van der Waals surface area contributed by atoms with Crippen LogP contribution in [-0.2, 0) is 17.9 Å². The molecule has 2 aromatic rings. The molecule has 0 spiro atoms. The zero-order chi connectivity index (χ0) is 17.0. The summed E-state index contributed by atoms with van der Waals surface area (Å²) in [6, 6.07) is 5.17. The number of carbonyl (C=O) groups excluding carboxylic acids is 1. The molecule has 0 radical (unpaired) electrons. The van der Waals surface area contributed by atoms with Crippen LogP contribution in [0.2, 0.25) is 10.0 Å². The van der Waals surface area contributed by atoms with Gasteiger partial charge in [0.25, 0.3) is 0 Å². The van der Waals surface area contributed by atoms with E-state index in [4.69, 9.17) is 28.3 Å². The molecule has 0 aliphatic rings. The van der Waals surface area contributed by atoms with Crippen LogP contribution in [0, 0.1) is 0 Å². The number of aromatic nitrogens is 3. The number of aromatic carboxylic acids is 1. The maximum absolute atomic E-state index is 12.3.